The van der Waals surface area contributed by atoms with Crippen LogP contribution in [0.1, 0.15) is 23.3 Å². The fourth-order valence-corrected chi connectivity index (χ4v) is 7.37. The number of hydrogen-bond acceptors (Lipinski definition) is 9. The lowest BCUT2D eigenvalue weighted by molar-refractivity contribution is -0.149. The van der Waals surface area contributed by atoms with E-state index >= 15 is 0 Å². The molecule has 11 nitrogen and oxygen atoms in total. The molecule has 3 heterocycles. The summed E-state index contributed by atoms with van der Waals surface area (Å²) in [5, 5.41) is 12.1. The maximum Gasteiger partial charge on any atom is 0.323 e. The van der Waals surface area contributed by atoms with Gasteiger partial charge >= 0.3 is 10.8 Å². The van der Waals surface area contributed by atoms with Gasteiger partial charge in [0.2, 0.25) is 11.8 Å². The Balaban J connectivity index is 1.43. The molecule has 2 aromatic carbocycles. The number of rotatable bonds is 9. The van der Waals surface area contributed by atoms with E-state index in [2.05, 4.69) is 10.3 Å². The van der Waals surface area contributed by atoms with E-state index in [1.165, 1.54) is 0 Å². The number of amides is 3. The van der Waals surface area contributed by atoms with Crippen molar-refractivity contribution in [2.75, 3.05) is 25.1 Å². The van der Waals surface area contributed by atoms with Crippen molar-refractivity contribution >= 4 is 64.1 Å². The molecule has 2 aliphatic rings. The van der Waals surface area contributed by atoms with E-state index in [-0.39, 0.29) is 23.8 Å². The van der Waals surface area contributed by atoms with Gasteiger partial charge in [-0.25, -0.2) is 0 Å². The third-order valence-electron chi connectivity index (χ3n) is 6.32. The molecule has 0 aliphatic carbocycles. The predicted octanol–water partition coefficient (Wildman–Crippen LogP) is 3.18. The number of fused-ring (bicyclic) bond motifs is 2. The van der Waals surface area contributed by atoms with E-state index in [9.17, 15) is 29.1 Å². The van der Waals surface area contributed by atoms with Gasteiger partial charge in [-0.05, 0) is 48.9 Å². The highest BCUT2D eigenvalue weighted by molar-refractivity contribution is 8.00. The Morgan fingerprint density at radius 2 is 1.82 bits per heavy atom. The molecule has 0 spiro atoms. The number of thiazole rings is 1. The second kappa shape index (κ2) is 11.4. The number of nitrogens with zero attached hydrogens (tertiary/aromatic N) is 1. The highest BCUT2D eigenvalue weighted by atomic mass is 35.5. The summed E-state index contributed by atoms with van der Waals surface area (Å²) in [4.78, 5) is 66.1. The van der Waals surface area contributed by atoms with Gasteiger partial charge in [0.15, 0.2) is 18.1 Å². The number of H-pyrrole nitrogens is 1. The van der Waals surface area contributed by atoms with Crippen molar-refractivity contribution in [2.45, 2.75) is 23.1 Å². The average molecular weight is 604 g/mol. The minimum atomic E-state index is -1.30. The molecule has 0 saturated carbocycles. The van der Waals surface area contributed by atoms with Gasteiger partial charge in [0.25, 0.3) is 5.91 Å². The summed E-state index contributed by atoms with van der Waals surface area (Å²) in [5.74, 6) is -3.97. The molecular formula is C26H22ClN3O8S2. The highest BCUT2D eigenvalue weighted by Crippen LogP contribution is 2.53. The summed E-state index contributed by atoms with van der Waals surface area (Å²) in [6.45, 7) is 0.997. The van der Waals surface area contributed by atoms with E-state index in [4.69, 9.17) is 21.1 Å². The number of benzene rings is 2. The first-order valence-electron chi connectivity index (χ1n) is 12.1. The molecule has 3 amide bonds. The first-order chi connectivity index (χ1) is 19.2. The maximum atomic E-state index is 13.3. The molecule has 5 rings (SSSR count). The fraction of sp³-hybridized carbons (Fsp3) is 0.269. The Labute approximate surface area is 240 Å². The van der Waals surface area contributed by atoms with E-state index in [1.54, 1.807) is 49.4 Å². The number of imide groups is 1. The van der Waals surface area contributed by atoms with Crippen LogP contribution in [-0.4, -0.2) is 63.7 Å². The number of thioether (sulfide) groups is 1. The molecule has 2 aliphatic heterocycles. The number of carboxylic acids is 1. The molecule has 3 N–H and O–H groups in total. The van der Waals surface area contributed by atoms with Crippen molar-refractivity contribution in [3.05, 3.63) is 67.6 Å². The number of aromatic nitrogens is 1. The molecule has 0 radical (unpaired) electrons. The zero-order valence-corrected chi connectivity index (χ0v) is 23.2. The standard InChI is InChI=1S/C26H22ClN3O8S2/c1-2-37-16-9-12(3-8-15(16)38-11-17(31)28-14-6-4-13(27)5-7-14)19-20-22(39-23-21(19)40-26(36)29-23)25(35)30(24(20)34)10-18(32)33/h3-9,19-20,22H,2,10-11H2,1H3,(H,28,31)(H,29,36)(H,32,33)/t19-,20?,22?/m0/s1. The Kier molecular flexibility index (Phi) is 7.88. The van der Waals surface area contributed by atoms with Crippen LogP contribution in [0.25, 0.3) is 0 Å². The van der Waals surface area contributed by atoms with Crippen molar-refractivity contribution < 1.29 is 33.8 Å². The quantitative estimate of drug-likeness (QED) is 0.313. The number of nitrogens with one attached hydrogen (secondary N) is 2. The number of carboxylic acid groups (broad SMARTS) is 1. The Morgan fingerprint density at radius 1 is 1.07 bits per heavy atom. The lowest BCUT2D eigenvalue weighted by Gasteiger charge is -2.30. The Bertz CT molecular complexity index is 1550. The lowest BCUT2D eigenvalue weighted by Crippen LogP contribution is -2.36. The molecule has 1 fully saturated rings. The number of likely N-dealkylation sites (tertiary alicyclic amines) is 1. The van der Waals surface area contributed by atoms with Gasteiger partial charge in [0.05, 0.1) is 17.6 Å². The van der Waals surface area contributed by atoms with Gasteiger partial charge in [-0.2, -0.15) is 0 Å². The Hall–Kier alpha value is -3.81. The average Bonchev–Trinajstić information content (AvgIpc) is 3.39. The first-order valence-corrected chi connectivity index (χ1v) is 14.1. The summed E-state index contributed by atoms with van der Waals surface area (Å²) in [7, 11) is 0. The topological polar surface area (TPSA) is 155 Å². The highest BCUT2D eigenvalue weighted by Gasteiger charge is 2.56. The smallest absolute Gasteiger partial charge is 0.323 e. The van der Waals surface area contributed by atoms with Crippen LogP contribution >= 0.6 is 34.7 Å². The zero-order chi connectivity index (χ0) is 28.6. The molecule has 2 unspecified atom stereocenters. The van der Waals surface area contributed by atoms with Crippen LogP contribution in [0.15, 0.2) is 52.3 Å². The van der Waals surface area contributed by atoms with Gasteiger partial charge in [-0.1, -0.05) is 40.8 Å². The first kappa shape index (κ1) is 27.7. The second-order valence-electron chi connectivity index (χ2n) is 8.89. The number of ether oxygens (including phenoxy) is 2. The number of hydrogen-bond donors (Lipinski definition) is 3. The van der Waals surface area contributed by atoms with Crippen molar-refractivity contribution in [3.63, 3.8) is 0 Å². The summed E-state index contributed by atoms with van der Waals surface area (Å²) >= 11 is 7.87. The fourth-order valence-electron chi connectivity index (χ4n) is 4.70. The van der Waals surface area contributed by atoms with Gasteiger partial charge in [-0.3, -0.25) is 28.9 Å². The van der Waals surface area contributed by atoms with Crippen LogP contribution in [0, 0.1) is 5.92 Å². The molecule has 3 aromatic rings. The summed E-state index contributed by atoms with van der Waals surface area (Å²) in [6, 6.07) is 11.5. The molecule has 0 bridgehead atoms. The third kappa shape index (κ3) is 5.44. The molecule has 14 heteroatoms. The number of carbonyl (C=O) groups is 4. The van der Waals surface area contributed by atoms with Crippen LogP contribution in [-0.2, 0) is 19.2 Å². The Morgan fingerprint density at radius 3 is 2.52 bits per heavy atom. The number of aliphatic carboxylic acids is 1. The summed E-state index contributed by atoms with van der Waals surface area (Å²) < 4.78 is 11.5. The molecule has 3 atom stereocenters. The SMILES string of the molecule is CCOc1cc([C@@H]2c3sc(=O)[nH]c3SC3C(=O)N(CC(=O)O)C(=O)C32)ccc1OCC(=O)Nc1ccc(Cl)cc1. The minimum absolute atomic E-state index is 0.274. The van der Waals surface area contributed by atoms with Crippen molar-refractivity contribution in [3.8, 4) is 11.5 Å². The second-order valence-corrected chi connectivity index (χ2v) is 11.5. The van der Waals surface area contributed by atoms with E-state index in [0.29, 0.717) is 31.9 Å². The number of aromatic amines is 1. The summed E-state index contributed by atoms with van der Waals surface area (Å²) in [5.41, 5.74) is 1.13. The molecule has 1 saturated heterocycles. The normalized spacial score (nSPS) is 19.6. The third-order valence-corrected chi connectivity index (χ3v) is 8.98. The number of anilines is 1. The van der Waals surface area contributed by atoms with E-state index < -0.39 is 47.3 Å². The van der Waals surface area contributed by atoms with Gasteiger partial charge in [-0.15, -0.1) is 0 Å². The molecule has 1 aromatic heterocycles. The van der Waals surface area contributed by atoms with Gasteiger partial charge in [0.1, 0.15) is 11.8 Å². The zero-order valence-electron chi connectivity index (χ0n) is 20.8. The maximum absolute atomic E-state index is 13.3. The van der Waals surface area contributed by atoms with Crippen molar-refractivity contribution in [2.24, 2.45) is 5.92 Å². The molecular weight excluding hydrogens is 582 g/mol. The van der Waals surface area contributed by atoms with E-state index in [0.717, 1.165) is 28.0 Å². The van der Waals surface area contributed by atoms with Crippen LogP contribution in [0.2, 0.25) is 5.02 Å². The lowest BCUT2D eigenvalue weighted by atomic mass is 9.83. The summed E-state index contributed by atoms with van der Waals surface area (Å²) in [6.07, 6.45) is 0. The van der Waals surface area contributed by atoms with Gasteiger partial charge < -0.3 is 24.9 Å². The minimum Gasteiger partial charge on any atom is -0.490 e. The number of halogens is 1. The van der Waals surface area contributed by atoms with E-state index in [1.807, 2.05) is 0 Å². The van der Waals surface area contributed by atoms with Crippen LogP contribution in [0.3, 0.4) is 0 Å². The van der Waals surface area contributed by atoms with Gasteiger partial charge in [0, 0.05) is 21.5 Å². The van der Waals surface area contributed by atoms with Crippen molar-refractivity contribution in [1.82, 2.24) is 9.88 Å². The van der Waals surface area contributed by atoms with Crippen LogP contribution in [0.4, 0.5) is 5.69 Å². The molecule has 208 valence electrons. The monoisotopic (exact) mass is 603 g/mol. The van der Waals surface area contributed by atoms with Crippen LogP contribution in [0.5, 0.6) is 11.5 Å². The molecule has 40 heavy (non-hydrogen) atoms. The largest absolute Gasteiger partial charge is 0.490 e. The van der Waals surface area contributed by atoms with Crippen molar-refractivity contribution in [1.29, 1.82) is 0 Å². The number of carbonyl (C=O) groups excluding carboxylic acids is 3. The van der Waals surface area contributed by atoms with Crippen LogP contribution < -0.4 is 19.7 Å². The predicted molar refractivity (Wildman–Crippen MR) is 147 cm³/mol.